The molecule has 0 spiro atoms. The SMILES string of the molecule is Cc1ccc(C2=NC(=O)/C(=C/c3c(C)nn(-c4ccccc4)c3Cl)S2)cc1. The number of carbonyl (C=O) groups is 1. The average Bonchev–Trinajstić information content (AvgIpc) is 3.18. The van der Waals surface area contributed by atoms with Gasteiger partial charge in [-0.25, -0.2) is 9.67 Å². The van der Waals surface area contributed by atoms with Gasteiger partial charge in [-0.1, -0.05) is 71.4 Å². The number of rotatable bonds is 3. The van der Waals surface area contributed by atoms with Gasteiger partial charge in [-0.3, -0.25) is 4.79 Å². The van der Waals surface area contributed by atoms with Gasteiger partial charge < -0.3 is 0 Å². The third kappa shape index (κ3) is 3.48. The zero-order valence-electron chi connectivity index (χ0n) is 14.8. The summed E-state index contributed by atoms with van der Waals surface area (Å²) in [4.78, 5) is 17.1. The van der Waals surface area contributed by atoms with Crippen molar-refractivity contribution in [2.24, 2.45) is 4.99 Å². The topological polar surface area (TPSA) is 47.2 Å². The molecule has 0 radical (unpaired) electrons. The quantitative estimate of drug-likeness (QED) is 0.574. The normalized spacial score (nSPS) is 15.4. The summed E-state index contributed by atoms with van der Waals surface area (Å²) in [5.74, 6) is -0.251. The van der Waals surface area contributed by atoms with Gasteiger partial charge in [0.25, 0.3) is 5.91 Å². The lowest BCUT2D eigenvalue weighted by molar-refractivity contribution is -0.113. The van der Waals surface area contributed by atoms with Crippen LogP contribution >= 0.6 is 23.4 Å². The fourth-order valence-electron chi connectivity index (χ4n) is 2.78. The molecule has 0 unspecified atom stereocenters. The number of aromatic nitrogens is 2. The predicted octanol–water partition coefficient (Wildman–Crippen LogP) is 5.20. The molecule has 134 valence electrons. The number of carbonyl (C=O) groups excluding carboxylic acids is 1. The first-order valence-corrected chi connectivity index (χ1v) is 9.62. The molecule has 27 heavy (non-hydrogen) atoms. The molecule has 0 atom stereocenters. The number of para-hydroxylation sites is 1. The van der Waals surface area contributed by atoms with Crippen LogP contribution < -0.4 is 0 Å². The number of nitrogens with zero attached hydrogens (tertiary/aromatic N) is 3. The van der Waals surface area contributed by atoms with Crippen molar-refractivity contribution >= 4 is 40.4 Å². The Kier molecular flexibility index (Phi) is 4.72. The fourth-order valence-corrected chi connectivity index (χ4v) is 4.00. The van der Waals surface area contributed by atoms with E-state index in [2.05, 4.69) is 10.1 Å². The van der Waals surface area contributed by atoms with E-state index in [0.717, 1.165) is 22.5 Å². The minimum Gasteiger partial charge on any atom is -0.266 e. The molecule has 6 heteroatoms. The Morgan fingerprint density at radius 2 is 1.74 bits per heavy atom. The molecule has 1 aliphatic heterocycles. The molecule has 0 N–H and O–H groups in total. The second-order valence-corrected chi connectivity index (χ2v) is 7.62. The third-order valence-electron chi connectivity index (χ3n) is 4.24. The van der Waals surface area contributed by atoms with Gasteiger partial charge in [0.2, 0.25) is 0 Å². The van der Waals surface area contributed by atoms with Gasteiger partial charge in [0.05, 0.1) is 16.3 Å². The van der Waals surface area contributed by atoms with Crippen molar-refractivity contribution in [3.63, 3.8) is 0 Å². The van der Waals surface area contributed by atoms with Crippen LogP contribution in [0.1, 0.15) is 22.4 Å². The van der Waals surface area contributed by atoms with Gasteiger partial charge in [-0.15, -0.1) is 0 Å². The van der Waals surface area contributed by atoms with Crippen molar-refractivity contribution in [1.29, 1.82) is 0 Å². The fraction of sp³-hybridized carbons (Fsp3) is 0.0952. The zero-order chi connectivity index (χ0) is 19.0. The maximum atomic E-state index is 12.4. The van der Waals surface area contributed by atoms with Crippen molar-refractivity contribution in [3.05, 3.63) is 87.0 Å². The van der Waals surface area contributed by atoms with Crippen molar-refractivity contribution in [1.82, 2.24) is 9.78 Å². The summed E-state index contributed by atoms with van der Waals surface area (Å²) in [6, 6.07) is 17.6. The van der Waals surface area contributed by atoms with E-state index in [1.165, 1.54) is 17.3 Å². The molecular formula is C21H16ClN3OS. The molecule has 0 saturated heterocycles. The Bertz CT molecular complexity index is 1080. The van der Waals surface area contributed by atoms with E-state index in [0.29, 0.717) is 15.1 Å². The van der Waals surface area contributed by atoms with Crippen LogP contribution in [0, 0.1) is 13.8 Å². The Hall–Kier alpha value is -2.63. The van der Waals surface area contributed by atoms with Crippen molar-refractivity contribution in [2.45, 2.75) is 13.8 Å². The van der Waals surface area contributed by atoms with Gasteiger partial charge in [0.15, 0.2) is 0 Å². The van der Waals surface area contributed by atoms with Crippen molar-refractivity contribution < 1.29 is 4.79 Å². The molecule has 1 aromatic heterocycles. The Morgan fingerprint density at radius 1 is 1.04 bits per heavy atom. The van der Waals surface area contributed by atoms with Gasteiger partial charge in [0.1, 0.15) is 10.2 Å². The minimum atomic E-state index is -0.251. The van der Waals surface area contributed by atoms with Crippen LogP contribution in [0.5, 0.6) is 0 Å². The van der Waals surface area contributed by atoms with Crippen LogP contribution in [0.4, 0.5) is 0 Å². The number of amides is 1. The van der Waals surface area contributed by atoms with Crippen LogP contribution in [0.15, 0.2) is 64.5 Å². The van der Waals surface area contributed by atoms with Crippen LogP contribution in [0.2, 0.25) is 5.15 Å². The molecule has 1 amide bonds. The number of hydrogen-bond donors (Lipinski definition) is 0. The van der Waals surface area contributed by atoms with E-state index in [9.17, 15) is 4.79 Å². The number of benzene rings is 2. The Morgan fingerprint density at radius 3 is 2.44 bits per heavy atom. The molecule has 2 heterocycles. The molecule has 0 saturated carbocycles. The third-order valence-corrected chi connectivity index (χ3v) is 5.64. The van der Waals surface area contributed by atoms with E-state index in [-0.39, 0.29) is 5.91 Å². The van der Waals surface area contributed by atoms with Gasteiger partial charge >= 0.3 is 0 Å². The monoisotopic (exact) mass is 393 g/mol. The average molecular weight is 394 g/mol. The molecule has 3 aromatic rings. The lowest BCUT2D eigenvalue weighted by Crippen LogP contribution is -1.95. The highest BCUT2D eigenvalue weighted by Crippen LogP contribution is 2.34. The summed E-state index contributed by atoms with van der Waals surface area (Å²) in [5, 5.41) is 5.70. The second kappa shape index (κ2) is 7.18. The van der Waals surface area contributed by atoms with Gasteiger partial charge in [-0.05, 0) is 32.1 Å². The summed E-state index contributed by atoms with van der Waals surface area (Å²) in [6.07, 6.45) is 1.78. The lowest BCUT2D eigenvalue weighted by Gasteiger charge is -2.02. The smallest absolute Gasteiger partial charge is 0.266 e. The number of thioether (sulfide) groups is 1. The van der Waals surface area contributed by atoms with Gasteiger partial charge in [0, 0.05) is 11.1 Å². The highest BCUT2D eigenvalue weighted by Gasteiger charge is 2.24. The molecule has 0 bridgehead atoms. The first kappa shape index (κ1) is 17.8. The first-order valence-electron chi connectivity index (χ1n) is 8.43. The number of halogens is 1. The standard InChI is InChI=1S/C21H16ClN3OS/c1-13-8-10-15(11-9-13)21-23-20(26)18(27-21)12-17-14(2)24-25(19(17)22)16-6-4-3-5-7-16/h3-12H,1-2H3/b18-12-. The number of aliphatic imine (C=N–C) groups is 1. The summed E-state index contributed by atoms with van der Waals surface area (Å²) in [6.45, 7) is 3.91. The summed E-state index contributed by atoms with van der Waals surface area (Å²) < 4.78 is 1.68. The van der Waals surface area contributed by atoms with Crippen molar-refractivity contribution in [2.75, 3.05) is 0 Å². The van der Waals surface area contributed by atoms with Crippen molar-refractivity contribution in [3.8, 4) is 5.69 Å². The zero-order valence-corrected chi connectivity index (χ0v) is 16.4. The molecule has 2 aromatic carbocycles. The lowest BCUT2D eigenvalue weighted by atomic mass is 10.2. The molecular weight excluding hydrogens is 378 g/mol. The Balaban J connectivity index is 1.66. The van der Waals surface area contributed by atoms with Crippen LogP contribution in [-0.2, 0) is 4.79 Å². The van der Waals surface area contributed by atoms with E-state index >= 15 is 0 Å². The molecule has 4 nitrogen and oxygen atoms in total. The summed E-state index contributed by atoms with van der Waals surface area (Å²) in [7, 11) is 0. The van der Waals surface area contributed by atoms with E-state index in [1.807, 2.05) is 68.4 Å². The Labute approximate surface area is 166 Å². The summed E-state index contributed by atoms with van der Waals surface area (Å²) >= 11 is 7.92. The maximum Gasteiger partial charge on any atom is 0.284 e. The number of aryl methyl sites for hydroxylation is 2. The number of hydrogen-bond acceptors (Lipinski definition) is 3. The molecule has 4 rings (SSSR count). The molecule has 1 aliphatic rings. The van der Waals surface area contributed by atoms with E-state index in [4.69, 9.17) is 11.6 Å². The minimum absolute atomic E-state index is 0.251. The highest BCUT2D eigenvalue weighted by atomic mass is 35.5. The van der Waals surface area contributed by atoms with Gasteiger partial charge in [-0.2, -0.15) is 5.10 Å². The largest absolute Gasteiger partial charge is 0.284 e. The highest BCUT2D eigenvalue weighted by molar-refractivity contribution is 8.19. The van der Waals surface area contributed by atoms with Crippen LogP contribution in [0.3, 0.4) is 0 Å². The molecule has 0 aliphatic carbocycles. The van der Waals surface area contributed by atoms with E-state index < -0.39 is 0 Å². The maximum absolute atomic E-state index is 12.4. The second-order valence-electron chi connectivity index (χ2n) is 6.24. The van der Waals surface area contributed by atoms with E-state index in [1.54, 1.807) is 10.8 Å². The predicted molar refractivity (Wildman–Crippen MR) is 112 cm³/mol. The van der Waals surface area contributed by atoms with Crippen LogP contribution in [-0.4, -0.2) is 20.7 Å². The van der Waals surface area contributed by atoms with Crippen LogP contribution in [0.25, 0.3) is 11.8 Å². The first-order chi connectivity index (χ1) is 13.0. The summed E-state index contributed by atoms with van der Waals surface area (Å²) in [5.41, 5.74) is 4.47. The molecule has 0 fully saturated rings.